The number of hydrogen-bond acceptors (Lipinski definition) is 2. The maximum atomic E-state index is 5.74. The topological polar surface area (TPSA) is 35.2 Å². The Morgan fingerprint density at radius 3 is 2.77 bits per heavy atom. The Bertz CT molecular complexity index is 298. The van der Waals surface area contributed by atoms with E-state index < -0.39 is 0 Å². The lowest BCUT2D eigenvalue weighted by Gasteiger charge is -2.07. The van der Waals surface area contributed by atoms with E-state index in [1.807, 2.05) is 24.3 Å². The maximum Gasteiger partial charge on any atom is 0.142 e. The monoisotopic (exact) mass is 177 g/mol. The van der Waals surface area contributed by atoms with Gasteiger partial charge in [0.2, 0.25) is 0 Å². The zero-order valence-electron chi connectivity index (χ0n) is 7.86. The third-order valence-electron chi connectivity index (χ3n) is 2.65. The van der Waals surface area contributed by atoms with Crippen LogP contribution in [0, 0.1) is 11.8 Å². The molecule has 2 atom stereocenters. The largest absolute Gasteiger partial charge is 0.491 e. The summed E-state index contributed by atoms with van der Waals surface area (Å²) in [6, 6.07) is 7.65. The highest BCUT2D eigenvalue weighted by Gasteiger charge is 2.33. The van der Waals surface area contributed by atoms with Crippen molar-refractivity contribution in [3.05, 3.63) is 24.3 Å². The first-order valence-corrected chi connectivity index (χ1v) is 4.74. The van der Waals surface area contributed by atoms with Gasteiger partial charge >= 0.3 is 0 Å². The molecule has 70 valence electrons. The van der Waals surface area contributed by atoms with E-state index in [4.69, 9.17) is 10.5 Å². The number of hydrogen-bond donors (Lipinski definition) is 1. The number of benzene rings is 1. The van der Waals surface area contributed by atoms with Gasteiger partial charge in [-0.25, -0.2) is 0 Å². The molecule has 0 saturated heterocycles. The van der Waals surface area contributed by atoms with E-state index in [1.54, 1.807) is 0 Å². The molecule has 1 aromatic carbocycles. The van der Waals surface area contributed by atoms with Crippen molar-refractivity contribution in [2.45, 2.75) is 13.3 Å². The zero-order chi connectivity index (χ0) is 9.26. The molecule has 0 bridgehead atoms. The molecule has 1 saturated carbocycles. The van der Waals surface area contributed by atoms with Crippen molar-refractivity contribution < 1.29 is 4.74 Å². The van der Waals surface area contributed by atoms with E-state index in [1.165, 1.54) is 6.42 Å². The summed E-state index contributed by atoms with van der Waals surface area (Å²) >= 11 is 0. The molecule has 2 N–H and O–H groups in total. The van der Waals surface area contributed by atoms with Crippen LogP contribution in [0.2, 0.25) is 0 Å². The molecule has 1 aliphatic carbocycles. The molecule has 1 aliphatic rings. The summed E-state index contributed by atoms with van der Waals surface area (Å²) in [5.41, 5.74) is 6.47. The average Bonchev–Trinajstić information content (AvgIpc) is 2.81. The van der Waals surface area contributed by atoms with Crippen LogP contribution >= 0.6 is 0 Å². The fraction of sp³-hybridized carbons (Fsp3) is 0.455. The summed E-state index contributed by atoms with van der Waals surface area (Å²) in [6.45, 7) is 3.07. The second-order valence-electron chi connectivity index (χ2n) is 3.82. The molecule has 13 heavy (non-hydrogen) atoms. The van der Waals surface area contributed by atoms with E-state index >= 15 is 0 Å². The van der Waals surface area contributed by atoms with Gasteiger partial charge in [0.15, 0.2) is 0 Å². The molecular formula is C11H15NO. The van der Waals surface area contributed by atoms with Crippen molar-refractivity contribution in [2.75, 3.05) is 12.3 Å². The van der Waals surface area contributed by atoms with E-state index in [9.17, 15) is 0 Å². The fourth-order valence-corrected chi connectivity index (χ4v) is 1.44. The molecule has 2 nitrogen and oxygen atoms in total. The van der Waals surface area contributed by atoms with Gasteiger partial charge in [-0.1, -0.05) is 19.1 Å². The van der Waals surface area contributed by atoms with Crippen molar-refractivity contribution in [1.82, 2.24) is 0 Å². The van der Waals surface area contributed by atoms with Crippen LogP contribution in [0.15, 0.2) is 24.3 Å². The Morgan fingerprint density at radius 2 is 2.15 bits per heavy atom. The summed E-state index contributed by atoms with van der Waals surface area (Å²) < 4.78 is 5.61. The molecule has 0 aromatic heterocycles. The molecular weight excluding hydrogens is 162 g/mol. The van der Waals surface area contributed by atoms with Crippen molar-refractivity contribution in [2.24, 2.45) is 11.8 Å². The van der Waals surface area contributed by atoms with Crippen molar-refractivity contribution >= 4 is 5.69 Å². The van der Waals surface area contributed by atoms with Crippen LogP contribution in [0.3, 0.4) is 0 Å². The summed E-state index contributed by atoms with van der Waals surface area (Å²) in [6.07, 6.45) is 1.30. The standard InChI is InChI=1S/C11H15NO/c1-8-6-9(8)7-13-11-5-3-2-4-10(11)12/h2-5,8-9H,6-7,12H2,1H3/t8-,9+/m0/s1. The highest BCUT2D eigenvalue weighted by molar-refractivity contribution is 5.51. The molecule has 2 rings (SSSR count). The number of ether oxygens (including phenoxy) is 1. The Labute approximate surface area is 78.7 Å². The fourth-order valence-electron chi connectivity index (χ4n) is 1.44. The van der Waals surface area contributed by atoms with Crippen molar-refractivity contribution in [3.63, 3.8) is 0 Å². The smallest absolute Gasteiger partial charge is 0.142 e. The van der Waals surface area contributed by atoms with Crippen molar-refractivity contribution in [3.8, 4) is 5.75 Å². The molecule has 0 heterocycles. The molecule has 0 spiro atoms. The first kappa shape index (κ1) is 8.42. The lowest BCUT2D eigenvalue weighted by Crippen LogP contribution is -2.02. The van der Waals surface area contributed by atoms with E-state index in [0.717, 1.165) is 29.9 Å². The molecule has 0 radical (unpaired) electrons. The number of rotatable bonds is 3. The molecule has 0 unspecified atom stereocenters. The minimum Gasteiger partial charge on any atom is -0.491 e. The van der Waals surface area contributed by atoms with Gasteiger partial charge in [-0.2, -0.15) is 0 Å². The van der Waals surface area contributed by atoms with Gasteiger partial charge < -0.3 is 10.5 Å². The summed E-state index contributed by atoms with van der Waals surface area (Å²) in [5, 5.41) is 0. The van der Waals surface area contributed by atoms with Gasteiger partial charge in [-0.05, 0) is 30.4 Å². The van der Waals surface area contributed by atoms with Crippen molar-refractivity contribution in [1.29, 1.82) is 0 Å². The summed E-state index contributed by atoms with van der Waals surface area (Å²) in [4.78, 5) is 0. The molecule has 0 aliphatic heterocycles. The number of para-hydroxylation sites is 2. The quantitative estimate of drug-likeness (QED) is 0.719. The Morgan fingerprint density at radius 1 is 1.46 bits per heavy atom. The minimum absolute atomic E-state index is 0.732. The second kappa shape index (κ2) is 3.29. The SMILES string of the molecule is C[C@H]1C[C@@H]1COc1ccccc1N. The van der Waals surface area contributed by atoms with Crippen LogP contribution in [0.25, 0.3) is 0 Å². The predicted molar refractivity (Wildman–Crippen MR) is 53.6 cm³/mol. The zero-order valence-corrected chi connectivity index (χ0v) is 7.86. The summed E-state index contributed by atoms with van der Waals surface area (Å²) in [5.74, 6) is 2.41. The Kier molecular flexibility index (Phi) is 2.13. The average molecular weight is 177 g/mol. The third kappa shape index (κ3) is 1.94. The van der Waals surface area contributed by atoms with E-state index in [-0.39, 0.29) is 0 Å². The highest BCUT2D eigenvalue weighted by Crippen LogP contribution is 2.38. The van der Waals surface area contributed by atoms with Crippen LogP contribution in [-0.4, -0.2) is 6.61 Å². The third-order valence-corrected chi connectivity index (χ3v) is 2.65. The Balaban J connectivity index is 1.90. The number of anilines is 1. The molecule has 2 heteroatoms. The van der Waals surface area contributed by atoms with Crippen LogP contribution in [0.1, 0.15) is 13.3 Å². The molecule has 1 aromatic rings. The minimum atomic E-state index is 0.732. The normalized spacial score (nSPS) is 25.6. The van der Waals surface area contributed by atoms with E-state index in [2.05, 4.69) is 6.92 Å². The van der Waals surface area contributed by atoms with Gasteiger partial charge in [-0.3, -0.25) is 0 Å². The van der Waals surface area contributed by atoms with Gasteiger partial charge in [0.05, 0.1) is 12.3 Å². The first-order valence-electron chi connectivity index (χ1n) is 4.74. The van der Waals surface area contributed by atoms with Crippen LogP contribution in [0.4, 0.5) is 5.69 Å². The van der Waals surface area contributed by atoms with Crippen LogP contribution in [-0.2, 0) is 0 Å². The highest BCUT2D eigenvalue weighted by atomic mass is 16.5. The lowest BCUT2D eigenvalue weighted by molar-refractivity contribution is 0.295. The first-order chi connectivity index (χ1) is 6.27. The Hall–Kier alpha value is -1.18. The van der Waals surface area contributed by atoms with Gasteiger partial charge in [-0.15, -0.1) is 0 Å². The lowest BCUT2D eigenvalue weighted by atomic mass is 10.3. The predicted octanol–water partition coefficient (Wildman–Crippen LogP) is 2.30. The molecule has 0 amide bonds. The molecule has 1 fully saturated rings. The van der Waals surface area contributed by atoms with Gasteiger partial charge in [0.25, 0.3) is 0 Å². The maximum absolute atomic E-state index is 5.74. The van der Waals surface area contributed by atoms with Gasteiger partial charge in [0.1, 0.15) is 5.75 Å². The summed E-state index contributed by atoms with van der Waals surface area (Å²) in [7, 11) is 0. The van der Waals surface area contributed by atoms with Crippen LogP contribution in [0.5, 0.6) is 5.75 Å². The van der Waals surface area contributed by atoms with Crippen LogP contribution < -0.4 is 10.5 Å². The second-order valence-corrected chi connectivity index (χ2v) is 3.82. The number of nitrogens with two attached hydrogens (primary N) is 1. The van der Waals surface area contributed by atoms with E-state index in [0.29, 0.717) is 0 Å². The number of nitrogen functional groups attached to an aromatic ring is 1. The van der Waals surface area contributed by atoms with Gasteiger partial charge in [0, 0.05) is 0 Å².